The van der Waals surface area contributed by atoms with Crippen LogP contribution in [0.3, 0.4) is 0 Å². The lowest BCUT2D eigenvalue weighted by Gasteiger charge is -2.20. The fraction of sp³-hybridized carbons (Fsp3) is 0.478. The van der Waals surface area contributed by atoms with E-state index >= 15 is 0 Å². The molecule has 7 heteroatoms. The molecule has 0 heterocycles. The highest BCUT2D eigenvalue weighted by molar-refractivity contribution is 7.89. The predicted octanol–water partition coefficient (Wildman–Crippen LogP) is 3.52. The summed E-state index contributed by atoms with van der Waals surface area (Å²) in [7, 11) is -1.18. The Kier molecular flexibility index (Phi) is 6.68. The van der Waals surface area contributed by atoms with Crippen LogP contribution in [-0.2, 0) is 22.9 Å². The first-order valence-electron chi connectivity index (χ1n) is 10.6. The van der Waals surface area contributed by atoms with Gasteiger partial charge in [0.1, 0.15) is 12.4 Å². The van der Waals surface area contributed by atoms with Gasteiger partial charge < -0.3 is 10.1 Å². The van der Waals surface area contributed by atoms with Gasteiger partial charge in [-0.3, -0.25) is 0 Å². The topological polar surface area (TPSA) is 67.4 Å². The van der Waals surface area contributed by atoms with E-state index in [2.05, 4.69) is 28.2 Å². The van der Waals surface area contributed by atoms with Gasteiger partial charge in [0.2, 0.25) is 10.0 Å². The molecular weight excluding hydrogens is 420 g/mol. The van der Waals surface area contributed by atoms with E-state index in [-0.39, 0.29) is 12.3 Å². The van der Waals surface area contributed by atoms with E-state index in [4.69, 9.17) is 16.3 Å². The van der Waals surface area contributed by atoms with Crippen molar-refractivity contribution in [2.24, 2.45) is 5.92 Å². The zero-order valence-electron chi connectivity index (χ0n) is 17.2. The summed E-state index contributed by atoms with van der Waals surface area (Å²) < 4.78 is 32.5. The second-order valence-electron chi connectivity index (χ2n) is 8.37. The van der Waals surface area contributed by atoms with E-state index in [9.17, 15) is 8.42 Å². The molecule has 1 fully saturated rings. The van der Waals surface area contributed by atoms with E-state index < -0.39 is 10.0 Å². The molecular formula is C23H29ClN2O3S. The second kappa shape index (κ2) is 9.27. The lowest BCUT2D eigenvalue weighted by Crippen LogP contribution is -2.31. The number of likely N-dealkylation sites (N-methyl/N-ethyl adjacent to an activating group) is 1. The van der Waals surface area contributed by atoms with Crippen molar-refractivity contribution in [2.75, 3.05) is 26.0 Å². The van der Waals surface area contributed by atoms with Crippen molar-refractivity contribution in [1.29, 1.82) is 0 Å². The molecule has 0 aromatic heterocycles. The van der Waals surface area contributed by atoms with Crippen LogP contribution in [0.15, 0.2) is 42.5 Å². The molecule has 5 nitrogen and oxygen atoms in total. The van der Waals surface area contributed by atoms with Gasteiger partial charge in [-0.05, 0) is 79.6 Å². The minimum absolute atomic E-state index is 0.239. The minimum atomic E-state index is -3.19. The van der Waals surface area contributed by atoms with E-state index in [0.29, 0.717) is 24.5 Å². The zero-order chi connectivity index (χ0) is 21.1. The van der Waals surface area contributed by atoms with Crippen LogP contribution in [0.5, 0.6) is 5.75 Å². The van der Waals surface area contributed by atoms with Crippen LogP contribution < -0.4 is 14.8 Å². The van der Waals surface area contributed by atoms with Gasteiger partial charge in [0, 0.05) is 23.5 Å². The molecule has 2 unspecified atom stereocenters. The zero-order valence-corrected chi connectivity index (χ0v) is 18.8. The predicted molar refractivity (Wildman–Crippen MR) is 121 cm³/mol. The third kappa shape index (κ3) is 5.55. The summed E-state index contributed by atoms with van der Waals surface area (Å²) in [6, 6.07) is 14.6. The molecule has 2 aliphatic carbocycles. The van der Waals surface area contributed by atoms with Crippen LogP contribution >= 0.6 is 11.6 Å². The van der Waals surface area contributed by atoms with Crippen molar-refractivity contribution in [3.8, 4) is 5.75 Å². The van der Waals surface area contributed by atoms with E-state index in [1.54, 1.807) is 0 Å². The van der Waals surface area contributed by atoms with Crippen molar-refractivity contribution in [3.63, 3.8) is 0 Å². The van der Waals surface area contributed by atoms with Crippen molar-refractivity contribution >= 4 is 21.6 Å². The van der Waals surface area contributed by atoms with Crippen LogP contribution in [-0.4, -0.2) is 40.4 Å². The van der Waals surface area contributed by atoms with Gasteiger partial charge in [0.15, 0.2) is 0 Å². The maximum Gasteiger partial charge on any atom is 0.211 e. The van der Waals surface area contributed by atoms with Gasteiger partial charge in [0.25, 0.3) is 0 Å². The number of halogens is 1. The van der Waals surface area contributed by atoms with Gasteiger partial charge in [0.05, 0.1) is 5.75 Å². The summed E-state index contributed by atoms with van der Waals surface area (Å²) in [5, 5.41) is 4.21. The van der Waals surface area contributed by atoms with E-state index in [1.807, 2.05) is 31.3 Å². The Balaban J connectivity index is 1.39. The van der Waals surface area contributed by atoms with Crippen molar-refractivity contribution in [3.05, 3.63) is 64.2 Å². The number of benzene rings is 2. The summed E-state index contributed by atoms with van der Waals surface area (Å²) >= 11 is 6.18. The summed E-state index contributed by atoms with van der Waals surface area (Å²) in [6.45, 7) is 0.605. The quantitative estimate of drug-likeness (QED) is 0.546. The number of sulfonamides is 1. The lowest BCUT2D eigenvalue weighted by molar-refractivity contribution is 0.322. The fourth-order valence-corrected chi connectivity index (χ4v) is 5.96. The molecule has 0 amide bonds. The van der Waals surface area contributed by atoms with E-state index in [0.717, 1.165) is 36.5 Å². The Labute approximate surface area is 184 Å². The first-order chi connectivity index (χ1) is 14.4. The molecule has 0 bridgehead atoms. The monoisotopic (exact) mass is 448 g/mol. The minimum Gasteiger partial charge on any atom is -0.492 e. The molecule has 4 rings (SSSR count). The molecule has 0 spiro atoms. The molecule has 2 aromatic carbocycles. The molecule has 0 saturated heterocycles. The van der Waals surface area contributed by atoms with Gasteiger partial charge in [-0.25, -0.2) is 13.1 Å². The highest BCUT2D eigenvalue weighted by Gasteiger charge is 2.32. The van der Waals surface area contributed by atoms with Crippen LogP contribution in [0, 0.1) is 5.92 Å². The number of nitrogens with one attached hydrogen (secondary N) is 2. The Morgan fingerprint density at radius 2 is 2.00 bits per heavy atom. The molecule has 2 N–H and O–H groups in total. The smallest absolute Gasteiger partial charge is 0.211 e. The van der Waals surface area contributed by atoms with Crippen LogP contribution in [0.4, 0.5) is 0 Å². The highest BCUT2D eigenvalue weighted by Crippen LogP contribution is 2.38. The summed E-state index contributed by atoms with van der Waals surface area (Å²) in [4.78, 5) is 0. The largest absolute Gasteiger partial charge is 0.492 e. The maximum absolute atomic E-state index is 12.0. The molecule has 2 aliphatic rings. The summed E-state index contributed by atoms with van der Waals surface area (Å²) in [6.07, 6.45) is 3.94. The Morgan fingerprint density at radius 3 is 2.73 bits per heavy atom. The van der Waals surface area contributed by atoms with Crippen LogP contribution in [0.1, 0.15) is 35.4 Å². The van der Waals surface area contributed by atoms with Gasteiger partial charge >= 0.3 is 0 Å². The number of hydrogen-bond donors (Lipinski definition) is 2. The summed E-state index contributed by atoms with van der Waals surface area (Å²) in [5.74, 6) is 1.70. The molecule has 2 aromatic rings. The maximum atomic E-state index is 12.0. The van der Waals surface area contributed by atoms with Gasteiger partial charge in [-0.15, -0.1) is 0 Å². The summed E-state index contributed by atoms with van der Waals surface area (Å²) in [5.41, 5.74) is 3.84. The highest BCUT2D eigenvalue weighted by atomic mass is 35.5. The second-order valence-corrected chi connectivity index (χ2v) is 10.7. The standard InChI is InChI=1S/C23H29ClN2O3S/c1-25-23-13-18-7-8-20(29-10-9-26-30(27,28)15-16-5-6-16)14-21(18)22(23)12-17-3-2-4-19(24)11-17/h2-4,7-8,11,14,16,22-23,25-26H,5-6,9-10,12-13,15H2,1H3. The number of fused-ring (bicyclic) bond motifs is 1. The Bertz CT molecular complexity index is 992. The number of rotatable bonds is 10. The molecule has 1 saturated carbocycles. The normalized spacial score (nSPS) is 20.9. The SMILES string of the molecule is CNC1Cc2ccc(OCCNS(=O)(=O)CC3CC3)cc2C1Cc1cccc(Cl)c1. The molecule has 2 atom stereocenters. The van der Waals surface area contributed by atoms with Crippen LogP contribution in [0.25, 0.3) is 0 Å². The fourth-order valence-electron chi connectivity index (χ4n) is 4.28. The number of hydrogen-bond acceptors (Lipinski definition) is 4. The molecule has 0 radical (unpaired) electrons. The average Bonchev–Trinajstić information content (AvgIpc) is 3.45. The Hall–Kier alpha value is -1.60. The molecule has 30 heavy (non-hydrogen) atoms. The van der Waals surface area contributed by atoms with Crippen LogP contribution in [0.2, 0.25) is 5.02 Å². The third-order valence-corrected chi connectivity index (χ3v) is 7.79. The number of ether oxygens (including phenoxy) is 1. The molecule has 162 valence electrons. The Morgan fingerprint density at radius 1 is 1.17 bits per heavy atom. The average molecular weight is 449 g/mol. The first kappa shape index (κ1) is 21.6. The lowest BCUT2D eigenvalue weighted by atomic mass is 9.91. The van der Waals surface area contributed by atoms with E-state index in [1.165, 1.54) is 16.7 Å². The van der Waals surface area contributed by atoms with Gasteiger partial charge in [-0.2, -0.15) is 0 Å². The van der Waals surface area contributed by atoms with Gasteiger partial charge in [-0.1, -0.05) is 29.8 Å². The first-order valence-corrected chi connectivity index (χ1v) is 12.6. The molecule has 0 aliphatic heterocycles. The van der Waals surface area contributed by atoms with Crippen molar-refractivity contribution < 1.29 is 13.2 Å². The van der Waals surface area contributed by atoms with Crippen molar-refractivity contribution in [1.82, 2.24) is 10.0 Å². The third-order valence-electron chi connectivity index (χ3n) is 6.00. The van der Waals surface area contributed by atoms with Crippen molar-refractivity contribution in [2.45, 2.75) is 37.6 Å².